The molecule has 1 aliphatic carbocycles. The minimum atomic E-state index is -3.80. The molecule has 2 aromatic rings. The third-order valence-electron chi connectivity index (χ3n) is 5.03. The Balaban J connectivity index is 1.58. The van der Waals surface area contributed by atoms with Crippen LogP contribution < -0.4 is 14.4 Å². The lowest BCUT2D eigenvalue weighted by Gasteiger charge is -2.23. The molecule has 0 spiro atoms. The lowest BCUT2D eigenvalue weighted by Crippen LogP contribution is -2.42. The first kappa shape index (κ1) is 17.2. The number of carbonyl (C=O) groups excluding carboxylic acids is 1. The van der Waals surface area contributed by atoms with E-state index < -0.39 is 20.7 Å². The average molecular weight is 393 g/mol. The molecule has 2 atom stereocenters. The summed E-state index contributed by atoms with van der Waals surface area (Å²) in [5, 5.41) is 3.26. The second kappa shape index (κ2) is 5.89. The Bertz CT molecular complexity index is 960. The number of benzene rings is 2. The van der Waals surface area contributed by atoms with Crippen LogP contribution in [0.5, 0.6) is 5.75 Å². The zero-order chi connectivity index (χ0) is 18.5. The molecule has 1 amide bonds. The first-order valence-electron chi connectivity index (χ1n) is 8.12. The molecular formula is C18H17ClN2O4S. The third kappa shape index (κ3) is 2.46. The smallest absolute Gasteiger partial charge is 0.250 e. The van der Waals surface area contributed by atoms with Gasteiger partial charge in [0.1, 0.15) is 5.75 Å². The van der Waals surface area contributed by atoms with E-state index in [-0.39, 0.29) is 5.92 Å². The number of sulfonamides is 1. The van der Waals surface area contributed by atoms with Gasteiger partial charge in [-0.3, -0.25) is 9.10 Å². The van der Waals surface area contributed by atoms with Crippen LogP contribution in [0.1, 0.15) is 6.42 Å². The van der Waals surface area contributed by atoms with Crippen LogP contribution in [-0.2, 0) is 14.8 Å². The van der Waals surface area contributed by atoms with E-state index in [0.717, 1.165) is 0 Å². The average Bonchev–Trinajstić information content (AvgIpc) is 3.32. The SMILES string of the molecule is COc1ccc(NC(=O)[C@]23C[C@@H]2CN(c2ccc(Cl)cc2)S3(=O)=O)cc1. The lowest BCUT2D eigenvalue weighted by atomic mass is 10.2. The molecule has 8 heteroatoms. The van der Waals surface area contributed by atoms with Crippen LogP contribution in [0.4, 0.5) is 11.4 Å². The normalized spacial score (nSPS) is 25.5. The van der Waals surface area contributed by atoms with Crippen molar-refractivity contribution in [1.82, 2.24) is 0 Å². The quantitative estimate of drug-likeness (QED) is 0.868. The van der Waals surface area contributed by atoms with Crippen molar-refractivity contribution in [2.24, 2.45) is 5.92 Å². The second-order valence-electron chi connectivity index (χ2n) is 6.49. The molecule has 1 N–H and O–H groups in total. The fraction of sp³-hybridized carbons (Fsp3) is 0.278. The largest absolute Gasteiger partial charge is 0.497 e. The number of hydrogen-bond acceptors (Lipinski definition) is 4. The van der Waals surface area contributed by atoms with Crippen molar-refractivity contribution in [2.75, 3.05) is 23.3 Å². The molecule has 1 aliphatic heterocycles. The van der Waals surface area contributed by atoms with Gasteiger partial charge in [0.25, 0.3) is 0 Å². The van der Waals surface area contributed by atoms with Crippen molar-refractivity contribution < 1.29 is 17.9 Å². The molecule has 26 heavy (non-hydrogen) atoms. The zero-order valence-electron chi connectivity index (χ0n) is 14.0. The summed E-state index contributed by atoms with van der Waals surface area (Å²) in [6.07, 6.45) is 0.349. The maximum atomic E-state index is 13.1. The molecule has 2 aromatic carbocycles. The van der Waals surface area contributed by atoms with Crippen LogP contribution in [-0.4, -0.2) is 32.7 Å². The lowest BCUT2D eigenvalue weighted by molar-refractivity contribution is -0.116. The molecule has 136 valence electrons. The first-order chi connectivity index (χ1) is 12.4. The molecule has 2 aliphatic rings. The van der Waals surface area contributed by atoms with Gasteiger partial charge >= 0.3 is 0 Å². The number of ether oxygens (including phenoxy) is 1. The van der Waals surface area contributed by atoms with Crippen LogP contribution in [0, 0.1) is 5.92 Å². The Hall–Kier alpha value is -2.25. The van der Waals surface area contributed by atoms with Crippen LogP contribution in [0.25, 0.3) is 0 Å². The highest BCUT2D eigenvalue weighted by atomic mass is 35.5. The number of halogens is 1. The monoisotopic (exact) mass is 392 g/mol. The van der Waals surface area contributed by atoms with E-state index >= 15 is 0 Å². The predicted octanol–water partition coefficient (Wildman–Crippen LogP) is 2.90. The predicted molar refractivity (Wildman–Crippen MR) is 100 cm³/mol. The van der Waals surface area contributed by atoms with E-state index in [9.17, 15) is 13.2 Å². The molecule has 2 fully saturated rings. The Morgan fingerprint density at radius 2 is 1.85 bits per heavy atom. The molecule has 0 bridgehead atoms. The van der Waals surface area contributed by atoms with Crippen molar-refractivity contribution in [3.63, 3.8) is 0 Å². The van der Waals surface area contributed by atoms with E-state index in [4.69, 9.17) is 16.3 Å². The minimum absolute atomic E-state index is 0.207. The number of methoxy groups -OCH3 is 1. The number of hydrogen-bond donors (Lipinski definition) is 1. The summed E-state index contributed by atoms with van der Waals surface area (Å²) in [4.78, 5) is 12.8. The highest BCUT2D eigenvalue weighted by Gasteiger charge is 2.75. The first-order valence-corrected chi connectivity index (χ1v) is 9.93. The van der Waals surface area contributed by atoms with E-state index in [1.165, 1.54) is 4.31 Å². The highest BCUT2D eigenvalue weighted by Crippen LogP contribution is 2.58. The van der Waals surface area contributed by atoms with Gasteiger partial charge < -0.3 is 10.1 Å². The molecule has 1 heterocycles. The van der Waals surface area contributed by atoms with Crippen LogP contribution in [0.15, 0.2) is 48.5 Å². The van der Waals surface area contributed by atoms with Crippen molar-refractivity contribution in [3.05, 3.63) is 53.6 Å². The Kier molecular flexibility index (Phi) is 3.89. The summed E-state index contributed by atoms with van der Waals surface area (Å²) in [6, 6.07) is 13.4. The van der Waals surface area contributed by atoms with Gasteiger partial charge in [-0.1, -0.05) is 11.6 Å². The summed E-state index contributed by atoms with van der Waals surface area (Å²) in [5.41, 5.74) is 1.06. The molecule has 6 nitrogen and oxygen atoms in total. The maximum absolute atomic E-state index is 13.1. The standard InChI is InChI=1S/C18H17ClN2O4S/c1-25-16-8-4-14(5-9-16)20-17(22)18-10-12(18)11-21(26(18,23)24)15-6-2-13(19)3-7-15/h2-9,12H,10-11H2,1H3,(H,20,22)/t12-,18+/m1/s1. The molecule has 0 radical (unpaired) electrons. The Labute approximate surface area is 156 Å². The zero-order valence-corrected chi connectivity index (χ0v) is 15.5. The maximum Gasteiger partial charge on any atom is 0.250 e. The Morgan fingerprint density at radius 1 is 1.19 bits per heavy atom. The van der Waals surface area contributed by atoms with Gasteiger partial charge in [-0.05, 0) is 55.0 Å². The number of fused-ring (bicyclic) bond motifs is 1. The van der Waals surface area contributed by atoms with Gasteiger partial charge in [-0.15, -0.1) is 0 Å². The summed E-state index contributed by atoms with van der Waals surface area (Å²) in [7, 11) is -2.24. The molecule has 0 aromatic heterocycles. The van der Waals surface area contributed by atoms with Crippen LogP contribution >= 0.6 is 11.6 Å². The van der Waals surface area contributed by atoms with Gasteiger partial charge in [0.05, 0.1) is 12.8 Å². The topological polar surface area (TPSA) is 75.7 Å². The third-order valence-corrected chi connectivity index (χ3v) is 7.83. The van der Waals surface area contributed by atoms with Gasteiger partial charge in [0.2, 0.25) is 15.9 Å². The van der Waals surface area contributed by atoms with Gasteiger partial charge in [0, 0.05) is 23.2 Å². The summed E-state index contributed by atoms with van der Waals surface area (Å²) in [6.45, 7) is 0.306. The second-order valence-corrected chi connectivity index (χ2v) is 9.04. The molecular weight excluding hydrogens is 376 g/mol. The van der Waals surface area contributed by atoms with Crippen LogP contribution in [0.2, 0.25) is 5.02 Å². The van der Waals surface area contributed by atoms with E-state index in [1.807, 2.05) is 0 Å². The summed E-state index contributed by atoms with van der Waals surface area (Å²) >= 11 is 5.88. The summed E-state index contributed by atoms with van der Waals surface area (Å²) in [5.74, 6) is -0.0292. The number of anilines is 2. The van der Waals surface area contributed by atoms with Crippen molar-refractivity contribution in [3.8, 4) is 5.75 Å². The number of amides is 1. The fourth-order valence-corrected chi connectivity index (χ4v) is 5.98. The number of nitrogens with one attached hydrogen (secondary N) is 1. The summed E-state index contributed by atoms with van der Waals surface area (Å²) < 4.78 is 31.2. The minimum Gasteiger partial charge on any atom is -0.497 e. The van der Waals surface area contributed by atoms with Crippen LogP contribution in [0.3, 0.4) is 0 Å². The van der Waals surface area contributed by atoms with Gasteiger partial charge in [-0.25, -0.2) is 8.42 Å². The molecule has 1 saturated carbocycles. The van der Waals surface area contributed by atoms with Crippen molar-refractivity contribution in [1.29, 1.82) is 0 Å². The van der Waals surface area contributed by atoms with Crippen molar-refractivity contribution in [2.45, 2.75) is 11.2 Å². The van der Waals surface area contributed by atoms with Gasteiger partial charge in [0.15, 0.2) is 4.75 Å². The molecule has 0 unspecified atom stereocenters. The molecule has 1 saturated heterocycles. The van der Waals surface area contributed by atoms with Crippen molar-refractivity contribution >= 4 is 38.9 Å². The van der Waals surface area contributed by atoms with Gasteiger partial charge in [-0.2, -0.15) is 0 Å². The molecule has 4 rings (SSSR count). The van der Waals surface area contributed by atoms with E-state index in [1.54, 1.807) is 55.6 Å². The number of nitrogens with zero attached hydrogens (tertiary/aromatic N) is 1. The number of carbonyl (C=O) groups is 1. The highest BCUT2D eigenvalue weighted by molar-refractivity contribution is 7.95. The Morgan fingerprint density at radius 3 is 2.46 bits per heavy atom. The number of rotatable bonds is 4. The van der Waals surface area contributed by atoms with E-state index in [0.29, 0.717) is 35.1 Å². The fourth-order valence-electron chi connectivity index (χ4n) is 3.49. The van der Waals surface area contributed by atoms with E-state index in [2.05, 4.69) is 5.32 Å².